The Labute approximate surface area is 133 Å². The summed E-state index contributed by atoms with van der Waals surface area (Å²) in [7, 11) is -2.81. The van der Waals surface area contributed by atoms with Gasteiger partial charge in [0.15, 0.2) is 15.8 Å². The molecular weight excluding hydrogens is 302 g/mol. The number of sulfone groups is 1. The van der Waals surface area contributed by atoms with Gasteiger partial charge in [0, 0.05) is 32.8 Å². The molecule has 7 heteroatoms. The van der Waals surface area contributed by atoms with Crippen molar-refractivity contribution in [2.24, 2.45) is 10.9 Å². The predicted molar refractivity (Wildman–Crippen MR) is 86.8 cm³/mol. The van der Waals surface area contributed by atoms with E-state index < -0.39 is 9.84 Å². The van der Waals surface area contributed by atoms with E-state index in [-0.39, 0.29) is 5.92 Å². The van der Waals surface area contributed by atoms with Gasteiger partial charge in [-0.15, -0.1) is 0 Å². The Morgan fingerprint density at radius 3 is 2.68 bits per heavy atom. The van der Waals surface area contributed by atoms with Gasteiger partial charge < -0.3 is 15.0 Å². The van der Waals surface area contributed by atoms with Crippen molar-refractivity contribution in [3.05, 3.63) is 0 Å². The van der Waals surface area contributed by atoms with Crippen molar-refractivity contribution in [1.29, 1.82) is 0 Å². The molecule has 0 aromatic heterocycles. The molecule has 0 bridgehead atoms. The summed E-state index contributed by atoms with van der Waals surface area (Å²) in [6.45, 7) is 4.37. The summed E-state index contributed by atoms with van der Waals surface area (Å²) in [5, 5.41) is 3.45. The third-order valence-electron chi connectivity index (χ3n) is 4.74. The lowest BCUT2D eigenvalue weighted by atomic mass is 10.1. The Morgan fingerprint density at radius 1 is 1.23 bits per heavy atom. The Morgan fingerprint density at radius 2 is 2.05 bits per heavy atom. The third-order valence-corrected chi connectivity index (χ3v) is 6.58. The van der Waals surface area contributed by atoms with E-state index in [0.29, 0.717) is 24.2 Å². The van der Waals surface area contributed by atoms with E-state index in [0.717, 1.165) is 51.5 Å². The average molecular weight is 329 g/mol. The molecule has 2 atom stereocenters. The lowest BCUT2D eigenvalue weighted by molar-refractivity contribution is 0.113. The molecule has 3 heterocycles. The number of aliphatic imine (C=N–C) groups is 1. The minimum Gasteiger partial charge on any atom is -0.376 e. The molecule has 6 nitrogen and oxygen atoms in total. The minimum absolute atomic E-state index is 0.187. The fraction of sp³-hybridized carbons (Fsp3) is 0.933. The molecule has 126 valence electrons. The van der Waals surface area contributed by atoms with Gasteiger partial charge in [-0.2, -0.15) is 0 Å². The second-order valence-electron chi connectivity index (χ2n) is 6.64. The van der Waals surface area contributed by atoms with E-state index in [9.17, 15) is 8.42 Å². The van der Waals surface area contributed by atoms with Crippen molar-refractivity contribution < 1.29 is 13.2 Å². The largest absolute Gasteiger partial charge is 0.376 e. The Balaban J connectivity index is 1.56. The van der Waals surface area contributed by atoms with E-state index in [1.807, 2.05) is 0 Å². The lowest BCUT2D eigenvalue weighted by Gasteiger charge is -2.23. The topological polar surface area (TPSA) is 71.0 Å². The molecule has 3 rings (SSSR count). The minimum atomic E-state index is -2.81. The zero-order valence-electron chi connectivity index (χ0n) is 13.2. The number of nitrogens with zero attached hydrogens (tertiary/aromatic N) is 2. The number of hydrogen-bond donors (Lipinski definition) is 1. The third kappa shape index (κ3) is 4.35. The first-order valence-electron chi connectivity index (χ1n) is 8.48. The summed E-state index contributed by atoms with van der Waals surface area (Å²) in [5.74, 6) is 1.76. The number of guanidine groups is 1. The average Bonchev–Trinajstić information content (AvgIpc) is 3.20. The summed E-state index contributed by atoms with van der Waals surface area (Å²) in [6.07, 6.45) is 5.71. The normalized spacial score (nSPS) is 31.8. The van der Waals surface area contributed by atoms with Crippen molar-refractivity contribution in [2.45, 2.75) is 38.2 Å². The van der Waals surface area contributed by atoms with Crippen molar-refractivity contribution in [3.8, 4) is 0 Å². The van der Waals surface area contributed by atoms with Crippen LogP contribution in [0.5, 0.6) is 0 Å². The molecule has 0 radical (unpaired) electrons. The highest BCUT2D eigenvalue weighted by atomic mass is 32.2. The monoisotopic (exact) mass is 329 g/mol. The molecule has 0 aromatic carbocycles. The van der Waals surface area contributed by atoms with Gasteiger partial charge in [0.1, 0.15) is 0 Å². The van der Waals surface area contributed by atoms with E-state index >= 15 is 0 Å². The molecule has 3 fully saturated rings. The molecule has 3 aliphatic rings. The maximum Gasteiger partial charge on any atom is 0.194 e. The summed E-state index contributed by atoms with van der Waals surface area (Å²) in [6, 6.07) is 0. The second kappa shape index (κ2) is 7.17. The molecule has 22 heavy (non-hydrogen) atoms. The molecule has 0 aromatic rings. The maximum absolute atomic E-state index is 11.6. The highest BCUT2D eigenvalue weighted by Gasteiger charge is 2.28. The van der Waals surface area contributed by atoms with E-state index in [2.05, 4.69) is 10.2 Å². The molecule has 3 saturated heterocycles. The van der Waals surface area contributed by atoms with Crippen LogP contribution in [0.15, 0.2) is 4.99 Å². The number of rotatable bonds is 4. The maximum atomic E-state index is 11.6. The zero-order chi connectivity index (χ0) is 15.4. The van der Waals surface area contributed by atoms with Crippen LogP contribution in [0.4, 0.5) is 0 Å². The van der Waals surface area contributed by atoms with Crippen molar-refractivity contribution in [3.63, 3.8) is 0 Å². The van der Waals surface area contributed by atoms with Gasteiger partial charge in [0.05, 0.1) is 17.6 Å². The van der Waals surface area contributed by atoms with Gasteiger partial charge in [0.25, 0.3) is 0 Å². The van der Waals surface area contributed by atoms with E-state index in [1.165, 1.54) is 12.8 Å². The van der Waals surface area contributed by atoms with Crippen LogP contribution in [0.1, 0.15) is 32.1 Å². The quantitative estimate of drug-likeness (QED) is 0.605. The predicted octanol–water partition coefficient (Wildman–Crippen LogP) is 0.642. The van der Waals surface area contributed by atoms with Gasteiger partial charge in [-0.25, -0.2) is 8.42 Å². The van der Waals surface area contributed by atoms with E-state index in [4.69, 9.17) is 9.73 Å². The second-order valence-corrected chi connectivity index (χ2v) is 8.87. The molecule has 3 aliphatic heterocycles. The lowest BCUT2D eigenvalue weighted by Crippen LogP contribution is -2.43. The Bertz CT molecular complexity index is 494. The molecule has 1 N–H and O–H groups in total. The summed E-state index contributed by atoms with van der Waals surface area (Å²) in [5.41, 5.74) is 0. The number of nitrogens with one attached hydrogen (secondary N) is 1. The Kier molecular flexibility index (Phi) is 5.23. The van der Waals surface area contributed by atoms with Crippen LogP contribution in [-0.4, -0.2) is 69.7 Å². The smallest absolute Gasteiger partial charge is 0.194 e. The van der Waals surface area contributed by atoms with Crippen LogP contribution in [-0.2, 0) is 14.6 Å². The number of likely N-dealkylation sites (tertiary alicyclic amines) is 1. The molecule has 0 saturated carbocycles. The first-order valence-corrected chi connectivity index (χ1v) is 10.3. The van der Waals surface area contributed by atoms with Crippen LogP contribution in [0.3, 0.4) is 0 Å². The molecule has 2 unspecified atom stereocenters. The standard InChI is InChI=1S/C15H27N3O3S/c19-22(20)9-5-13(12-22)10-16-15(18-6-1-2-7-18)17-11-14-4-3-8-21-14/h13-14H,1-12H2,(H,16,17). The summed E-state index contributed by atoms with van der Waals surface area (Å²) >= 11 is 0. The summed E-state index contributed by atoms with van der Waals surface area (Å²) < 4.78 is 28.8. The first kappa shape index (κ1) is 16.1. The molecular formula is C15H27N3O3S. The molecule has 0 amide bonds. The molecule has 0 aliphatic carbocycles. The highest BCUT2D eigenvalue weighted by Crippen LogP contribution is 2.19. The Hall–Kier alpha value is -0.820. The van der Waals surface area contributed by atoms with Gasteiger partial charge >= 0.3 is 0 Å². The van der Waals surface area contributed by atoms with Gasteiger partial charge in [-0.3, -0.25) is 4.99 Å². The van der Waals surface area contributed by atoms with Crippen LogP contribution < -0.4 is 5.32 Å². The first-order chi connectivity index (χ1) is 10.6. The number of ether oxygens (including phenoxy) is 1. The fourth-order valence-corrected chi connectivity index (χ4v) is 5.29. The van der Waals surface area contributed by atoms with Crippen molar-refractivity contribution in [1.82, 2.24) is 10.2 Å². The fourth-order valence-electron chi connectivity index (χ4n) is 3.44. The van der Waals surface area contributed by atoms with Crippen LogP contribution in [0, 0.1) is 5.92 Å². The zero-order valence-corrected chi connectivity index (χ0v) is 14.0. The van der Waals surface area contributed by atoms with Gasteiger partial charge in [0.2, 0.25) is 0 Å². The van der Waals surface area contributed by atoms with Gasteiger partial charge in [-0.1, -0.05) is 0 Å². The van der Waals surface area contributed by atoms with Crippen LogP contribution in [0.2, 0.25) is 0 Å². The SMILES string of the molecule is O=S1(=O)CCC(CN=C(NCC2CCCO2)N2CCCC2)C1. The highest BCUT2D eigenvalue weighted by molar-refractivity contribution is 7.91. The van der Waals surface area contributed by atoms with E-state index in [1.54, 1.807) is 0 Å². The number of hydrogen-bond acceptors (Lipinski definition) is 4. The molecule has 0 spiro atoms. The van der Waals surface area contributed by atoms with Gasteiger partial charge in [-0.05, 0) is 38.0 Å². The summed E-state index contributed by atoms with van der Waals surface area (Å²) in [4.78, 5) is 7.02. The van der Waals surface area contributed by atoms with Crippen LogP contribution in [0.25, 0.3) is 0 Å². The van der Waals surface area contributed by atoms with Crippen molar-refractivity contribution >= 4 is 15.8 Å². The van der Waals surface area contributed by atoms with Crippen molar-refractivity contribution in [2.75, 3.05) is 44.3 Å². The van der Waals surface area contributed by atoms with Crippen LogP contribution >= 0.6 is 0 Å².